The maximum Gasteiger partial charge on any atom is 0.264 e. The Balaban J connectivity index is 1.42. The summed E-state index contributed by atoms with van der Waals surface area (Å²) in [7, 11) is 1.86. The van der Waals surface area contributed by atoms with Crippen LogP contribution in [0.2, 0.25) is 0 Å². The van der Waals surface area contributed by atoms with Crippen LogP contribution in [0.15, 0.2) is 36.7 Å². The molecule has 30 heavy (non-hydrogen) atoms. The van der Waals surface area contributed by atoms with Gasteiger partial charge in [-0.15, -0.1) is 22.7 Å². The molecule has 0 radical (unpaired) electrons. The molecule has 1 unspecified atom stereocenters. The van der Waals surface area contributed by atoms with Crippen LogP contribution in [0.5, 0.6) is 0 Å². The van der Waals surface area contributed by atoms with Gasteiger partial charge in [-0.1, -0.05) is 18.2 Å². The molecule has 6 nitrogen and oxygen atoms in total. The van der Waals surface area contributed by atoms with E-state index in [1.807, 2.05) is 18.9 Å². The number of carbonyl (C=O) groups excluding carboxylic acids is 1. The molecule has 0 bridgehead atoms. The number of rotatable bonds is 5. The second-order valence-electron chi connectivity index (χ2n) is 7.50. The van der Waals surface area contributed by atoms with Crippen LogP contribution in [0.1, 0.15) is 26.5 Å². The van der Waals surface area contributed by atoms with Gasteiger partial charge in [0.25, 0.3) is 5.91 Å². The van der Waals surface area contributed by atoms with Crippen molar-refractivity contribution in [3.05, 3.63) is 52.0 Å². The second kappa shape index (κ2) is 7.94. The lowest BCUT2D eigenvalue weighted by atomic mass is 10.1. The highest BCUT2D eigenvalue weighted by molar-refractivity contribution is 7.20. The number of nitrogens with one attached hydrogen (secondary N) is 1. The molecule has 4 heterocycles. The van der Waals surface area contributed by atoms with E-state index in [9.17, 15) is 4.79 Å². The molecule has 1 fully saturated rings. The van der Waals surface area contributed by atoms with Crippen LogP contribution in [-0.2, 0) is 11.3 Å². The fourth-order valence-corrected chi connectivity index (χ4v) is 5.99. The summed E-state index contributed by atoms with van der Waals surface area (Å²) in [6.45, 7) is 3.99. The van der Waals surface area contributed by atoms with Crippen molar-refractivity contribution >= 4 is 54.7 Å². The molecular formula is C22H22N4O2S2. The van der Waals surface area contributed by atoms with Crippen LogP contribution in [0.25, 0.3) is 20.3 Å². The number of benzene rings is 1. The maximum atomic E-state index is 13.1. The Hall–Kier alpha value is -2.55. The number of ether oxygens (including phenoxy) is 1. The molecule has 0 saturated carbocycles. The number of fused-ring (bicyclic) bond motifs is 2. The topological polar surface area (TPSA) is 67.4 Å². The van der Waals surface area contributed by atoms with Crippen LogP contribution in [0.3, 0.4) is 0 Å². The van der Waals surface area contributed by atoms with Gasteiger partial charge in [0.2, 0.25) is 0 Å². The molecule has 1 N–H and O–H groups in total. The van der Waals surface area contributed by atoms with Gasteiger partial charge < -0.3 is 15.0 Å². The van der Waals surface area contributed by atoms with Crippen molar-refractivity contribution in [2.24, 2.45) is 0 Å². The number of hydrogen-bond acceptors (Lipinski definition) is 7. The van der Waals surface area contributed by atoms with Crippen molar-refractivity contribution in [2.75, 3.05) is 25.6 Å². The Morgan fingerprint density at radius 3 is 2.97 bits per heavy atom. The van der Waals surface area contributed by atoms with Crippen LogP contribution >= 0.6 is 22.7 Å². The van der Waals surface area contributed by atoms with Gasteiger partial charge in [-0.25, -0.2) is 9.97 Å². The summed E-state index contributed by atoms with van der Waals surface area (Å²) in [5.74, 6) is 0.804. The lowest BCUT2D eigenvalue weighted by molar-refractivity contribution is 0.0715. The highest BCUT2D eigenvalue weighted by atomic mass is 32.1. The number of anilines is 1. The van der Waals surface area contributed by atoms with Gasteiger partial charge in [-0.05, 0) is 36.4 Å². The number of aryl methyl sites for hydroxylation is 1. The minimum atomic E-state index is 0.0291. The Bertz CT molecular complexity index is 1190. The molecule has 3 aromatic heterocycles. The van der Waals surface area contributed by atoms with Crippen LogP contribution in [0, 0.1) is 6.92 Å². The van der Waals surface area contributed by atoms with E-state index in [0.717, 1.165) is 32.9 Å². The Morgan fingerprint density at radius 2 is 2.17 bits per heavy atom. The number of thiophene rings is 2. The van der Waals surface area contributed by atoms with E-state index >= 15 is 0 Å². The fourth-order valence-electron chi connectivity index (χ4n) is 3.86. The van der Waals surface area contributed by atoms with Crippen molar-refractivity contribution in [3.63, 3.8) is 0 Å². The zero-order valence-corrected chi connectivity index (χ0v) is 18.5. The summed E-state index contributed by atoms with van der Waals surface area (Å²) >= 11 is 3.22. The summed E-state index contributed by atoms with van der Waals surface area (Å²) in [5, 5.41) is 5.65. The van der Waals surface area contributed by atoms with Gasteiger partial charge in [0, 0.05) is 23.2 Å². The quantitative estimate of drug-likeness (QED) is 0.490. The van der Waals surface area contributed by atoms with Crippen LogP contribution < -0.4 is 5.32 Å². The van der Waals surface area contributed by atoms with E-state index in [0.29, 0.717) is 19.8 Å². The third-order valence-corrected chi connectivity index (χ3v) is 7.91. The van der Waals surface area contributed by atoms with Gasteiger partial charge in [0.15, 0.2) is 0 Å². The highest BCUT2D eigenvalue weighted by Crippen LogP contribution is 2.35. The molecule has 1 aromatic carbocycles. The van der Waals surface area contributed by atoms with E-state index in [-0.39, 0.29) is 11.9 Å². The van der Waals surface area contributed by atoms with Gasteiger partial charge in [-0.2, -0.15) is 0 Å². The molecule has 154 valence electrons. The smallest absolute Gasteiger partial charge is 0.264 e. The lowest BCUT2D eigenvalue weighted by Crippen LogP contribution is -2.37. The summed E-state index contributed by atoms with van der Waals surface area (Å²) in [6, 6.07) is 10.7. The van der Waals surface area contributed by atoms with Crippen molar-refractivity contribution in [1.82, 2.24) is 14.9 Å². The van der Waals surface area contributed by atoms with Crippen molar-refractivity contribution in [1.29, 1.82) is 0 Å². The molecule has 5 rings (SSSR count). The molecule has 1 atom stereocenters. The zero-order chi connectivity index (χ0) is 20.7. The van der Waals surface area contributed by atoms with E-state index in [2.05, 4.69) is 45.6 Å². The number of hydrogen-bond donors (Lipinski definition) is 1. The molecule has 4 aromatic rings. The SMILES string of the molecule is Cc1c(C(=O)N(C)C2CCOC2)sc2ncnc(NCc3cc4ccccc4s3)c12. The minimum absolute atomic E-state index is 0.0291. The predicted molar refractivity (Wildman–Crippen MR) is 123 cm³/mol. The fraction of sp³-hybridized carbons (Fsp3) is 0.318. The molecular weight excluding hydrogens is 416 g/mol. The van der Waals surface area contributed by atoms with Crippen molar-refractivity contribution in [3.8, 4) is 0 Å². The number of carbonyl (C=O) groups is 1. The molecule has 1 aliphatic rings. The Morgan fingerprint density at radius 1 is 1.30 bits per heavy atom. The molecule has 8 heteroatoms. The third kappa shape index (κ3) is 3.45. The minimum Gasteiger partial charge on any atom is -0.379 e. The highest BCUT2D eigenvalue weighted by Gasteiger charge is 2.28. The number of aromatic nitrogens is 2. The predicted octanol–water partition coefficient (Wildman–Crippen LogP) is 4.69. The normalized spacial score (nSPS) is 16.4. The number of nitrogens with zero attached hydrogens (tertiary/aromatic N) is 3. The van der Waals surface area contributed by atoms with Crippen LogP contribution in [0.4, 0.5) is 5.82 Å². The summed E-state index contributed by atoms with van der Waals surface area (Å²) in [6.07, 6.45) is 2.45. The maximum absolute atomic E-state index is 13.1. The monoisotopic (exact) mass is 438 g/mol. The van der Waals surface area contributed by atoms with Gasteiger partial charge >= 0.3 is 0 Å². The lowest BCUT2D eigenvalue weighted by Gasteiger charge is -2.22. The average molecular weight is 439 g/mol. The number of likely N-dealkylation sites (N-methyl/N-ethyl adjacent to an activating group) is 1. The van der Waals surface area contributed by atoms with E-state index in [1.165, 1.54) is 26.3 Å². The largest absolute Gasteiger partial charge is 0.379 e. The molecule has 0 spiro atoms. The third-order valence-electron chi connectivity index (χ3n) is 5.60. The molecule has 1 amide bonds. The average Bonchev–Trinajstić information content (AvgIpc) is 3.50. The second-order valence-corrected chi connectivity index (χ2v) is 9.66. The standard InChI is InChI=1S/C22H22N4O2S2/c1-13-18-20(23-10-16-9-14-5-3-4-6-17(14)29-16)24-12-25-21(18)30-19(13)22(27)26(2)15-7-8-28-11-15/h3-6,9,12,15H,7-8,10-11H2,1-2H3,(H,23,24,25). The van der Waals surface area contributed by atoms with E-state index in [1.54, 1.807) is 17.7 Å². The number of amides is 1. The Labute approximate surface area is 182 Å². The van der Waals surface area contributed by atoms with Crippen molar-refractivity contribution < 1.29 is 9.53 Å². The molecule has 1 aliphatic heterocycles. The first-order valence-electron chi connectivity index (χ1n) is 9.92. The first-order valence-corrected chi connectivity index (χ1v) is 11.6. The van der Waals surface area contributed by atoms with Gasteiger partial charge in [-0.3, -0.25) is 4.79 Å². The van der Waals surface area contributed by atoms with E-state index in [4.69, 9.17) is 4.74 Å². The van der Waals surface area contributed by atoms with Crippen molar-refractivity contribution in [2.45, 2.75) is 25.9 Å². The summed E-state index contributed by atoms with van der Waals surface area (Å²) in [4.78, 5) is 26.6. The van der Waals surface area contributed by atoms with Crippen LogP contribution in [-0.4, -0.2) is 47.1 Å². The zero-order valence-electron chi connectivity index (χ0n) is 16.8. The van der Waals surface area contributed by atoms with Gasteiger partial charge in [0.05, 0.1) is 29.5 Å². The summed E-state index contributed by atoms with van der Waals surface area (Å²) in [5.41, 5.74) is 0.935. The molecule has 0 aliphatic carbocycles. The molecule has 1 saturated heterocycles. The summed E-state index contributed by atoms with van der Waals surface area (Å²) < 4.78 is 6.72. The van der Waals surface area contributed by atoms with Gasteiger partial charge in [0.1, 0.15) is 17.0 Å². The first kappa shape index (κ1) is 19.4. The first-order chi connectivity index (χ1) is 14.6. The Kier molecular flexibility index (Phi) is 5.14. The van der Waals surface area contributed by atoms with E-state index < -0.39 is 0 Å².